The van der Waals surface area contributed by atoms with Crippen LogP contribution in [0.2, 0.25) is 10.0 Å². The van der Waals surface area contributed by atoms with E-state index in [2.05, 4.69) is 21.0 Å². The van der Waals surface area contributed by atoms with Gasteiger partial charge in [0, 0.05) is 4.47 Å². The van der Waals surface area contributed by atoms with E-state index in [1.54, 1.807) is 12.1 Å². The lowest BCUT2D eigenvalue weighted by Gasteiger charge is -2.09. The molecule has 0 amide bonds. The fraction of sp³-hybridized carbons (Fsp3) is 0. The van der Waals surface area contributed by atoms with Gasteiger partial charge in [0.25, 0.3) is 0 Å². The van der Waals surface area contributed by atoms with Gasteiger partial charge in [-0.2, -0.15) is 5.10 Å². The Bertz CT molecular complexity index is 619. The summed E-state index contributed by atoms with van der Waals surface area (Å²) in [5.41, 5.74) is 5.94. The maximum Gasteiger partial charge on any atom is 0.341 e. The van der Waals surface area contributed by atoms with Crippen molar-refractivity contribution < 1.29 is 9.90 Å². The number of carboxylic acids is 1. The van der Waals surface area contributed by atoms with Crippen molar-refractivity contribution in [3.63, 3.8) is 0 Å². The highest BCUT2D eigenvalue weighted by Crippen LogP contribution is 2.33. The second-order valence-corrected chi connectivity index (χ2v) is 5.11. The summed E-state index contributed by atoms with van der Waals surface area (Å²) in [5, 5.41) is 13.4. The molecule has 2 rings (SSSR count). The Balaban J connectivity index is 2.67. The van der Waals surface area contributed by atoms with Crippen molar-refractivity contribution in [3.8, 4) is 5.69 Å². The molecule has 0 radical (unpaired) electrons. The molecule has 8 heteroatoms. The third-order valence-corrected chi connectivity index (χ3v) is 3.26. The summed E-state index contributed by atoms with van der Waals surface area (Å²) in [6.07, 6.45) is 1.15. The zero-order valence-electron chi connectivity index (χ0n) is 8.69. The molecule has 0 saturated carbocycles. The van der Waals surface area contributed by atoms with Gasteiger partial charge < -0.3 is 10.8 Å². The van der Waals surface area contributed by atoms with Gasteiger partial charge in [0.15, 0.2) is 0 Å². The average molecular weight is 351 g/mol. The first-order chi connectivity index (χ1) is 8.41. The van der Waals surface area contributed by atoms with Gasteiger partial charge >= 0.3 is 5.97 Å². The van der Waals surface area contributed by atoms with Crippen LogP contribution in [0.1, 0.15) is 10.4 Å². The molecular formula is C10H6BrCl2N3O2. The van der Waals surface area contributed by atoms with Gasteiger partial charge in [-0.15, -0.1) is 0 Å². The van der Waals surface area contributed by atoms with E-state index in [0.717, 1.165) is 6.20 Å². The summed E-state index contributed by atoms with van der Waals surface area (Å²) in [7, 11) is 0. The summed E-state index contributed by atoms with van der Waals surface area (Å²) in [6, 6.07) is 3.23. The molecule has 0 spiro atoms. The molecular weight excluding hydrogens is 345 g/mol. The van der Waals surface area contributed by atoms with Crippen molar-refractivity contribution in [1.82, 2.24) is 9.78 Å². The Morgan fingerprint density at radius 1 is 1.39 bits per heavy atom. The Morgan fingerprint density at radius 2 is 1.94 bits per heavy atom. The van der Waals surface area contributed by atoms with Gasteiger partial charge in [-0.05, 0) is 12.1 Å². The number of aromatic carboxylic acids is 1. The standard InChI is InChI=1S/C10H6BrCl2N3O2/c11-4-1-6(12)8(7(13)2-4)16-9(14)5(3-15-16)10(17)18/h1-3H,14H2,(H,17,18). The molecule has 5 nitrogen and oxygen atoms in total. The van der Waals surface area contributed by atoms with E-state index in [1.807, 2.05) is 0 Å². The maximum absolute atomic E-state index is 10.9. The molecule has 0 aliphatic carbocycles. The van der Waals surface area contributed by atoms with E-state index >= 15 is 0 Å². The van der Waals surface area contributed by atoms with Crippen LogP contribution in [0.25, 0.3) is 5.69 Å². The lowest BCUT2D eigenvalue weighted by molar-refractivity contribution is 0.0698. The second kappa shape index (κ2) is 4.79. The van der Waals surface area contributed by atoms with Gasteiger partial charge in [-0.1, -0.05) is 39.1 Å². The topological polar surface area (TPSA) is 81.1 Å². The molecule has 0 saturated heterocycles. The highest BCUT2D eigenvalue weighted by atomic mass is 79.9. The highest BCUT2D eigenvalue weighted by molar-refractivity contribution is 9.10. The zero-order chi connectivity index (χ0) is 13.4. The van der Waals surface area contributed by atoms with E-state index in [4.69, 9.17) is 34.0 Å². The molecule has 0 fully saturated rings. The van der Waals surface area contributed by atoms with Crippen molar-refractivity contribution in [2.24, 2.45) is 0 Å². The van der Waals surface area contributed by atoms with Crippen LogP contribution >= 0.6 is 39.1 Å². The Kier molecular flexibility index (Phi) is 3.52. The van der Waals surface area contributed by atoms with Gasteiger partial charge in [0.2, 0.25) is 0 Å². The molecule has 3 N–H and O–H groups in total. The molecule has 1 heterocycles. The number of nitrogens with two attached hydrogens (primary N) is 1. The van der Waals surface area contributed by atoms with E-state index in [-0.39, 0.29) is 11.4 Å². The van der Waals surface area contributed by atoms with E-state index in [9.17, 15) is 4.79 Å². The number of carboxylic acid groups (broad SMARTS) is 1. The highest BCUT2D eigenvalue weighted by Gasteiger charge is 2.18. The smallest absolute Gasteiger partial charge is 0.341 e. The number of aromatic nitrogens is 2. The fourth-order valence-electron chi connectivity index (χ4n) is 1.44. The number of halogens is 3. The van der Waals surface area contributed by atoms with Crippen LogP contribution in [0.3, 0.4) is 0 Å². The molecule has 0 atom stereocenters. The number of carbonyl (C=O) groups is 1. The summed E-state index contributed by atoms with van der Waals surface area (Å²) in [5.74, 6) is -1.20. The minimum absolute atomic E-state index is 0.0337. The number of benzene rings is 1. The first kappa shape index (κ1) is 13.2. The monoisotopic (exact) mass is 349 g/mol. The van der Waals surface area contributed by atoms with Crippen LogP contribution in [0, 0.1) is 0 Å². The van der Waals surface area contributed by atoms with Crippen molar-refractivity contribution >= 4 is 50.9 Å². The number of hydrogen-bond acceptors (Lipinski definition) is 3. The van der Waals surface area contributed by atoms with Gasteiger partial charge in [0.05, 0.1) is 16.2 Å². The molecule has 0 aliphatic rings. The Morgan fingerprint density at radius 3 is 2.39 bits per heavy atom. The van der Waals surface area contributed by atoms with Crippen molar-refractivity contribution in [2.75, 3.05) is 5.73 Å². The molecule has 18 heavy (non-hydrogen) atoms. The predicted molar refractivity (Wildman–Crippen MR) is 72.7 cm³/mol. The van der Waals surface area contributed by atoms with Crippen LogP contribution in [0.5, 0.6) is 0 Å². The summed E-state index contributed by atoms with van der Waals surface area (Å²) >= 11 is 15.3. The van der Waals surface area contributed by atoms with Crippen molar-refractivity contribution in [1.29, 1.82) is 0 Å². The average Bonchev–Trinajstić information content (AvgIpc) is 2.59. The van der Waals surface area contributed by atoms with Crippen LogP contribution in [-0.4, -0.2) is 20.9 Å². The first-order valence-electron chi connectivity index (χ1n) is 4.63. The molecule has 1 aromatic heterocycles. The number of nitrogen functional groups attached to an aromatic ring is 1. The predicted octanol–water partition coefficient (Wildman–Crippen LogP) is 3.22. The van der Waals surface area contributed by atoms with E-state index in [0.29, 0.717) is 20.2 Å². The van der Waals surface area contributed by atoms with Gasteiger partial charge in [-0.25, -0.2) is 9.48 Å². The molecule has 0 unspecified atom stereocenters. The maximum atomic E-state index is 10.9. The Labute approximate surface area is 120 Å². The third kappa shape index (κ3) is 2.19. The number of hydrogen-bond donors (Lipinski definition) is 2. The fourth-order valence-corrected chi connectivity index (χ4v) is 2.81. The second-order valence-electron chi connectivity index (χ2n) is 3.38. The molecule has 0 aliphatic heterocycles. The molecule has 1 aromatic carbocycles. The van der Waals surface area contributed by atoms with Crippen LogP contribution in [0.15, 0.2) is 22.8 Å². The summed E-state index contributed by atoms with van der Waals surface area (Å²) < 4.78 is 1.89. The zero-order valence-corrected chi connectivity index (χ0v) is 11.8. The summed E-state index contributed by atoms with van der Waals surface area (Å²) in [6.45, 7) is 0. The van der Waals surface area contributed by atoms with E-state index < -0.39 is 5.97 Å². The SMILES string of the molecule is Nc1c(C(=O)O)cnn1-c1c(Cl)cc(Br)cc1Cl. The number of nitrogens with zero attached hydrogens (tertiary/aromatic N) is 2. The Hall–Kier alpha value is -1.24. The first-order valence-corrected chi connectivity index (χ1v) is 6.18. The lowest BCUT2D eigenvalue weighted by atomic mass is 10.3. The van der Waals surface area contributed by atoms with Crippen molar-refractivity contribution in [2.45, 2.75) is 0 Å². The quantitative estimate of drug-likeness (QED) is 0.871. The summed E-state index contributed by atoms with van der Waals surface area (Å²) in [4.78, 5) is 10.9. The largest absolute Gasteiger partial charge is 0.477 e. The third-order valence-electron chi connectivity index (χ3n) is 2.23. The van der Waals surface area contributed by atoms with Crippen LogP contribution < -0.4 is 5.73 Å². The molecule has 0 bridgehead atoms. The number of rotatable bonds is 2. The number of anilines is 1. The van der Waals surface area contributed by atoms with Crippen LogP contribution in [0.4, 0.5) is 5.82 Å². The molecule has 2 aromatic rings. The van der Waals surface area contributed by atoms with Crippen molar-refractivity contribution in [3.05, 3.63) is 38.4 Å². The van der Waals surface area contributed by atoms with Crippen LogP contribution in [-0.2, 0) is 0 Å². The lowest BCUT2D eigenvalue weighted by Crippen LogP contribution is -2.06. The minimum atomic E-state index is -1.16. The van der Waals surface area contributed by atoms with Gasteiger partial charge in [-0.3, -0.25) is 0 Å². The van der Waals surface area contributed by atoms with E-state index in [1.165, 1.54) is 4.68 Å². The normalized spacial score (nSPS) is 10.6. The van der Waals surface area contributed by atoms with Gasteiger partial charge in [0.1, 0.15) is 17.1 Å². The minimum Gasteiger partial charge on any atom is -0.477 e. The molecule has 94 valence electrons.